The number of para-hydroxylation sites is 2. The fourth-order valence-electron chi connectivity index (χ4n) is 6.79. The smallest absolute Gasteiger partial charge is 0.329 e. The molecule has 18 nitrogen and oxygen atoms in total. The zero-order valence-electron chi connectivity index (χ0n) is 36.1. The normalized spacial score (nSPS) is 13.5. The summed E-state index contributed by atoms with van der Waals surface area (Å²) >= 11 is 0. The van der Waals surface area contributed by atoms with E-state index in [0.717, 1.165) is 23.5 Å². The van der Waals surface area contributed by atoms with E-state index in [0.29, 0.717) is 86.2 Å². The number of piperidine rings is 1. The van der Waals surface area contributed by atoms with Gasteiger partial charge in [0.05, 0.1) is 99.3 Å². The summed E-state index contributed by atoms with van der Waals surface area (Å²) in [5.41, 5.74) is 4.31. The first-order valence-electron chi connectivity index (χ1n) is 20.5. The van der Waals surface area contributed by atoms with Gasteiger partial charge in [-0.1, -0.05) is 38.6 Å². The molecule has 0 aliphatic carbocycles. The third kappa shape index (κ3) is 12.3. The van der Waals surface area contributed by atoms with Gasteiger partial charge >= 0.3 is 5.69 Å². The first kappa shape index (κ1) is 47.5. The van der Waals surface area contributed by atoms with Crippen LogP contribution in [0.1, 0.15) is 48.7 Å². The van der Waals surface area contributed by atoms with Crippen molar-refractivity contribution in [1.29, 1.82) is 0 Å². The number of amides is 3. The molecule has 1 saturated heterocycles. The molecule has 1 fully saturated rings. The molecule has 5 aromatic rings. The summed E-state index contributed by atoms with van der Waals surface area (Å²) in [5, 5.41) is 11.2. The number of fused-ring (bicyclic) bond motifs is 1. The number of hydrogen-bond acceptors (Lipinski definition) is 13. The number of aryl methyl sites for hydroxylation is 1. The van der Waals surface area contributed by atoms with Gasteiger partial charge in [0.2, 0.25) is 5.91 Å². The summed E-state index contributed by atoms with van der Waals surface area (Å²) < 4.78 is 44.6. The first-order chi connectivity index (χ1) is 30.6. The molecule has 3 amide bonds. The summed E-state index contributed by atoms with van der Waals surface area (Å²) in [6.45, 7) is 9.77. The summed E-state index contributed by atoms with van der Waals surface area (Å²) in [4.78, 5) is 63.5. The van der Waals surface area contributed by atoms with E-state index in [1.165, 1.54) is 26.4 Å². The minimum absolute atomic E-state index is 0.158. The molecular weight excluding hydrogens is 818 g/mol. The topological polar surface area (TPSA) is 211 Å². The van der Waals surface area contributed by atoms with Crippen molar-refractivity contribution >= 4 is 45.9 Å². The lowest BCUT2D eigenvalue weighted by atomic mass is 10.0. The van der Waals surface area contributed by atoms with Crippen LogP contribution in [-0.2, 0) is 42.0 Å². The molecule has 1 unspecified atom stereocenters. The molecule has 0 spiro atoms. The fourth-order valence-corrected chi connectivity index (χ4v) is 6.79. The number of nitrogens with one attached hydrogen (secondary N) is 4. The Hall–Kier alpha value is -6.54. The molecule has 1 aliphatic rings. The van der Waals surface area contributed by atoms with Crippen LogP contribution in [0.3, 0.4) is 0 Å². The van der Waals surface area contributed by atoms with E-state index in [1.54, 1.807) is 34.4 Å². The van der Waals surface area contributed by atoms with Crippen LogP contribution in [0.4, 0.5) is 21.6 Å². The second kappa shape index (κ2) is 23.6. The van der Waals surface area contributed by atoms with Crippen molar-refractivity contribution < 1.29 is 42.5 Å². The Morgan fingerprint density at radius 1 is 0.905 bits per heavy atom. The number of anilines is 3. The maximum absolute atomic E-state index is 13.5. The molecule has 0 saturated carbocycles. The van der Waals surface area contributed by atoms with E-state index in [-0.39, 0.29) is 48.6 Å². The Labute approximate surface area is 364 Å². The van der Waals surface area contributed by atoms with Gasteiger partial charge in [-0.2, -0.15) is 0 Å². The average molecular weight is 872 g/mol. The molecule has 336 valence electrons. The minimum atomic E-state index is -0.588. The lowest BCUT2D eigenvalue weighted by Gasteiger charge is -2.24. The van der Waals surface area contributed by atoms with E-state index >= 15 is 0 Å². The minimum Gasteiger partial charge on any atom is -0.494 e. The van der Waals surface area contributed by atoms with E-state index in [1.807, 2.05) is 32.0 Å². The van der Waals surface area contributed by atoms with Crippen molar-refractivity contribution in [2.24, 2.45) is 7.05 Å². The van der Waals surface area contributed by atoms with Gasteiger partial charge in [-0.3, -0.25) is 23.5 Å². The van der Waals surface area contributed by atoms with Crippen LogP contribution in [0.5, 0.6) is 5.75 Å². The number of imidazole rings is 1. The number of benzene rings is 2. The van der Waals surface area contributed by atoms with Crippen LogP contribution >= 0.6 is 0 Å². The number of ether oxygens (including phenoxy) is 5. The number of halogens is 1. The van der Waals surface area contributed by atoms with E-state index in [9.17, 15) is 23.6 Å². The fraction of sp³-hybridized carbons (Fsp3) is 0.386. The van der Waals surface area contributed by atoms with Crippen molar-refractivity contribution in [3.63, 3.8) is 0 Å². The zero-order chi connectivity index (χ0) is 45.3. The van der Waals surface area contributed by atoms with E-state index in [2.05, 4.69) is 42.8 Å². The zero-order valence-corrected chi connectivity index (χ0v) is 36.1. The van der Waals surface area contributed by atoms with Crippen LogP contribution in [0.25, 0.3) is 22.4 Å². The molecule has 0 radical (unpaired) electrons. The molecular formula is C44H54FN9O9. The first-order valence-corrected chi connectivity index (χ1v) is 20.5. The summed E-state index contributed by atoms with van der Waals surface area (Å²) in [7, 11) is 4.66. The predicted octanol–water partition coefficient (Wildman–Crippen LogP) is 4.68. The molecule has 63 heavy (non-hydrogen) atoms. The third-order valence-electron chi connectivity index (χ3n) is 9.68. The maximum atomic E-state index is 13.5. The average Bonchev–Trinajstić information content (AvgIpc) is 3.54. The van der Waals surface area contributed by atoms with Gasteiger partial charge < -0.3 is 45.0 Å². The molecule has 0 bridgehead atoms. The molecule has 19 heteroatoms. The number of pyridine rings is 1. The molecule has 1 aliphatic heterocycles. The Bertz CT molecular complexity index is 2420. The van der Waals surface area contributed by atoms with Crippen LogP contribution < -0.4 is 31.7 Å². The number of hydrogen-bond donors (Lipinski definition) is 4. The van der Waals surface area contributed by atoms with Gasteiger partial charge in [0.25, 0.3) is 11.8 Å². The van der Waals surface area contributed by atoms with Crippen molar-refractivity contribution in [1.82, 2.24) is 34.7 Å². The highest BCUT2D eigenvalue weighted by Crippen LogP contribution is 2.37. The summed E-state index contributed by atoms with van der Waals surface area (Å²) in [6.07, 6.45) is 5.13. The number of carbonyl (C=O) groups excluding carboxylic acids is 3. The summed E-state index contributed by atoms with van der Waals surface area (Å²) in [6, 6.07) is 11.8. The number of methoxy groups -OCH3 is 1. The van der Waals surface area contributed by atoms with Gasteiger partial charge in [-0.15, -0.1) is 0 Å². The van der Waals surface area contributed by atoms with Crippen LogP contribution in [0.2, 0.25) is 0 Å². The van der Waals surface area contributed by atoms with Gasteiger partial charge in [-0.05, 0) is 43.0 Å². The third-order valence-corrected chi connectivity index (χ3v) is 9.68. The summed E-state index contributed by atoms with van der Waals surface area (Å²) in [5.74, 6) is -0.954. The quantitative estimate of drug-likeness (QED) is 0.0739. The molecule has 6 rings (SSSR count). The number of nitrogens with zero attached hydrogens (tertiary/aromatic N) is 5. The Morgan fingerprint density at radius 2 is 1.57 bits per heavy atom. The van der Waals surface area contributed by atoms with Crippen molar-refractivity contribution in [2.75, 3.05) is 77.6 Å². The molecule has 4 heterocycles. The van der Waals surface area contributed by atoms with Crippen molar-refractivity contribution in [3.8, 4) is 17.1 Å². The number of aromatic nitrogens is 5. The largest absolute Gasteiger partial charge is 0.494 e. The number of allylic oxidation sites excluding steroid dienone is 1. The lowest BCUT2D eigenvalue weighted by molar-refractivity contribution is -0.124. The Kier molecular flexibility index (Phi) is 17.8. The Morgan fingerprint density at radius 3 is 2.24 bits per heavy atom. The molecule has 1 atom stereocenters. The van der Waals surface area contributed by atoms with E-state index in [4.69, 9.17) is 23.7 Å². The molecule has 3 aromatic heterocycles. The second-order valence-corrected chi connectivity index (χ2v) is 13.8. The van der Waals surface area contributed by atoms with Gasteiger partial charge in [-0.25, -0.2) is 24.1 Å². The number of rotatable bonds is 21. The van der Waals surface area contributed by atoms with Crippen LogP contribution in [0.15, 0.2) is 78.1 Å². The van der Waals surface area contributed by atoms with Gasteiger partial charge in [0, 0.05) is 32.1 Å². The van der Waals surface area contributed by atoms with Gasteiger partial charge in [0.15, 0.2) is 17.4 Å². The highest BCUT2D eigenvalue weighted by molar-refractivity contribution is 6.01. The highest BCUT2D eigenvalue weighted by atomic mass is 19.1. The second-order valence-electron chi connectivity index (χ2n) is 13.8. The van der Waals surface area contributed by atoms with E-state index < -0.39 is 23.7 Å². The lowest BCUT2D eigenvalue weighted by Crippen LogP contribution is -2.40. The predicted molar refractivity (Wildman–Crippen MR) is 235 cm³/mol. The Balaban J connectivity index is 0.00000369. The standard InChI is InChI=1S/C42H48FN9O9.C2H6/c1-26-11-12-34(41(55)48-26)52-33-10-5-7-27(37(33)51(3)42(52)56)13-14-58-15-16-59-17-18-60-19-20-61-25-36(53)50-35-21-32(30(24-45-35)40(54)44-2)49-31-9-6-8-29(38(31)57-4)39-46-22-28(43)23-47-39;1-2/h5-10,21-24,34H,1,11-20,25H2,2-4H3,(H,44,54)(H,48,55)(H2,45,49,50,53);1-2H3. The van der Waals surface area contributed by atoms with Crippen molar-refractivity contribution in [2.45, 2.75) is 39.2 Å². The number of carbonyl (C=O) groups is 3. The maximum Gasteiger partial charge on any atom is 0.329 e. The highest BCUT2D eigenvalue weighted by Gasteiger charge is 2.30. The van der Waals surface area contributed by atoms with Crippen molar-refractivity contribution in [3.05, 3.63) is 101 Å². The van der Waals surface area contributed by atoms with Gasteiger partial charge in [0.1, 0.15) is 18.5 Å². The molecule has 4 N–H and O–H groups in total. The molecule has 2 aromatic carbocycles. The van der Waals surface area contributed by atoms with Crippen LogP contribution in [-0.4, -0.2) is 109 Å². The monoisotopic (exact) mass is 871 g/mol. The SMILES string of the molecule is C=C1CCC(n2c(=O)n(C)c3c(CCOCCOCCOCCOCC(=O)Nc4cc(Nc5cccc(-c6ncc(F)cn6)c5OC)c(C(=O)NC)cn4)cccc32)C(=O)N1.CC. The van der Waals surface area contributed by atoms with Crippen LogP contribution in [0, 0.1) is 5.82 Å².